The van der Waals surface area contributed by atoms with Crippen LogP contribution in [0.3, 0.4) is 0 Å². The lowest BCUT2D eigenvalue weighted by molar-refractivity contribution is 0.118. The third kappa shape index (κ3) is 1.88. The van der Waals surface area contributed by atoms with E-state index in [1.807, 2.05) is 6.92 Å². The van der Waals surface area contributed by atoms with E-state index in [0.29, 0.717) is 0 Å². The molecule has 1 spiro atoms. The first kappa shape index (κ1) is 11.6. The highest BCUT2D eigenvalue weighted by Crippen LogP contribution is 2.49. The van der Waals surface area contributed by atoms with Gasteiger partial charge in [-0.2, -0.15) is 0 Å². The molecule has 0 aromatic carbocycles. The van der Waals surface area contributed by atoms with E-state index in [2.05, 4.69) is 10.6 Å². The van der Waals surface area contributed by atoms with Crippen molar-refractivity contribution < 1.29 is 14.3 Å². The van der Waals surface area contributed by atoms with Crippen LogP contribution in [0.4, 0.5) is 9.18 Å². The zero-order chi connectivity index (χ0) is 11.8. The fourth-order valence-electron chi connectivity index (χ4n) is 3.35. The van der Waals surface area contributed by atoms with Crippen LogP contribution in [-0.2, 0) is 0 Å². The average molecular weight is 230 g/mol. The molecule has 0 bridgehead atoms. The molecule has 0 unspecified atom stereocenters. The van der Waals surface area contributed by atoms with Crippen molar-refractivity contribution in [3.63, 3.8) is 0 Å². The van der Waals surface area contributed by atoms with Crippen LogP contribution in [0, 0.1) is 11.3 Å². The molecule has 2 fully saturated rings. The van der Waals surface area contributed by atoms with Crippen LogP contribution in [-0.4, -0.2) is 36.5 Å². The fraction of sp³-hybridized carbons (Fsp3) is 0.909. The van der Waals surface area contributed by atoms with Gasteiger partial charge in [-0.3, -0.25) is 0 Å². The number of amides is 1. The Morgan fingerprint density at radius 2 is 2.12 bits per heavy atom. The van der Waals surface area contributed by atoms with Gasteiger partial charge in [-0.15, -0.1) is 0 Å². The molecule has 4 nitrogen and oxygen atoms in total. The molecule has 2 rings (SSSR count). The molecule has 1 aliphatic heterocycles. The number of hydrogen-bond acceptors (Lipinski definition) is 2. The van der Waals surface area contributed by atoms with Crippen LogP contribution in [0.1, 0.15) is 26.2 Å². The Bertz CT molecular complexity index is 279. The van der Waals surface area contributed by atoms with E-state index in [0.717, 1.165) is 32.4 Å². The number of hydrogen-bond donors (Lipinski definition) is 3. The largest absolute Gasteiger partial charge is 0.465 e. The van der Waals surface area contributed by atoms with Gasteiger partial charge in [0, 0.05) is 0 Å². The first-order valence-electron chi connectivity index (χ1n) is 5.89. The first-order chi connectivity index (χ1) is 7.55. The second-order valence-electron chi connectivity index (χ2n) is 5.17. The molecule has 1 saturated heterocycles. The van der Waals surface area contributed by atoms with Gasteiger partial charge in [-0.25, -0.2) is 9.18 Å². The average Bonchev–Trinajstić information content (AvgIpc) is 2.44. The minimum atomic E-state index is -1.11. The Hall–Kier alpha value is -0.840. The summed E-state index contributed by atoms with van der Waals surface area (Å²) in [4.78, 5) is 10.7. The maximum Gasteiger partial charge on any atom is 0.404 e. The van der Waals surface area contributed by atoms with E-state index in [-0.39, 0.29) is 11.3 Å². The molecule has 3 atom stereocenters. The Kier molecular flexibility index (Phi) is 3.06. The summed E-state index contributed by atoms with van der Waals surface area (Å²) in [6.45, 7) is 3.59. The molecule has 1 aliphatic carbocycles. The zero-order valence-electron chi connectivity index (χ0n) is 9.50. The normalized spacial score (nSPS) is 37.5. The van der Waals surface area contributed by atoms with Crippen LogP contribution in [0.25, 0.3) is 0 Å². The molecule has 16 heavy (non-hydrogen) atoms. The highest BCUT2D eigenvalue weighted by atomic mass is 19.1. The summed E-state index contributed by atoms with van der Waals surface area (Å²) in [5.41, 5.74) is -0.164. The van der Waals surface area contributed by atoms with Gasteiger partial charge in [-0.1, -0.05) is 6.92 Å². The Morgan fingerprint density at radius 3 is 2.69 bits per heavy atom. The van der Waals surface area contributed by atoms with Gasteiger partial charge in [-0.05, 0) is 43.7 Å². The molecular formula is C11H19FN2O2. The number of carbonyl (C=O) groups is 1. The molecule has 3 N–H and O–H groups in total. The van der Waals surface area contributed by atoms with E-state index in [1.54, 1.807) is 0 Å². The first-order valence-corrected chi connectivity index (χ1v) is 5.89. The number of alkyl halides is 1. The van der Waals surface area contributed by atoms with Crippen molar-refractivity contribution in [3.05, 3.63) is 0 Å². The van der Waals surface area contributed by atoms with Crippen molar-refractivity contribution >= 4 is 6.09 Å². The van der Waals surface area contributed by atoms with Crippen molar-refractivity contribution in [1.29, 1.82) is 0 Å². The van der Waals surface area contributed by atoms with Crippen LogP contribution >= 0.6 is 0 Å². The summed E-state index contributed by atoms with van der Waals surface area (Å²) >= 11 is 0. The minimum Gasteiger partial charge on any atom is -0.465 e. The highest BCUT2D eigenvalue weighted by Gasteiger charge is 2.53. The summed E-state index contributed by atoms with van der Waals surface area (Å²) < 4.78 is 14.0. The quantitative estimate of drug-likeness (QED) is 0.637. The maximum atomic E-state index is 14.0. The van der Waals surface area contributed by atoms with Crippen LogP contribution in [0.5, 0.6) is 0 Å². The lowest BCUT2D eigenvalue weighted by Gasteiger charge is -2.39. The molecule has 1 saturated carbocycles. The highest BCUT2D eigenvalue weighted by molar-refractivity contribution is 5.65. The summed E-state index contributed by atoms with van der Waals surface area (Å²) in [7, 11) is 0. The number of piperidine rings is 1. The Labute approximate surface area is 94.6 Å². The van der Waals surface area contributed by atoms with Gasteiger partial charge in [0.1, 0.15) is 6.17 Å². The SMILES string of the molecule is C[C@@H]1CC2(CCNCC2)[C@H](NC(=O)O)[C@@H]1F. The number of carboxylic acid groups (broad SMARTS) is 1. The number of rotatable bonds is 1. The van der Waals surface area contributed by atoms with Crippen LogP contribution in [0.2, 0.25) is 0 Å². The molecule has 0 radical (unpaired) electrons. The smallest absolute Gasteiger partial charge is 0.404 e. The molecule has 0 aromatic heterocycles. The lowest BCUT2D eigenvalue weighted by atomic mass is 9.74. The monoisotopic (exact) mass is 230 g/mol. The maximum absolute atomic E-state index is 14.0. The van der Waals surface area contributed by atoms with Crippen molar-refractivity contribution in [3.8, 4) is 0 Å². The summed E-state index contributed by atoms with van der Waals surface area (Å²) in [6, 6.07) is -0.526. The van der Waals surface area contributed by atoms with Gasteiger partial charge in [0.2, 0.25) is 0 Å². The summed E-state index contributed by atoms with van der Waals surface area (Å²) in [6.07, 6.45) is 0.362. The Morgan fingerprint density at radius 1 is 1.50 bits per heavy atom. The Balaban J connectivity index is 2.17. The molecule has 92 valence electrons. The van der Waals surface area contributed by atoms with E-state index in [1.165, 1.54) is 0 Å². The second kappa shape index (κ2) is 4.20. The number of halogens is 1. The van der Waals surface area contributed by atoms with Crippen LogP contribution in [0.15, 0.2) is 0 Å². The predicted molar refractivity (Wildman–Crippen MR) is 58.2 cm³/mol. The van der Waals surface area contributed by atoms with Gasteiger partial charge in [0.25, 0.3) is 0 Å². The van der Waals surface area contributed by atoms with Gasteiger partial charge in [0.15, 0.2) is 0 Å². The molecule has 5 heteroatoms. The fourth-order valence-corrected chi connectivity index (χ4v) is 3.35. The summed E-state index contributed by atoms with van der Waals surface area (Å²) in [5, 5.41) is 14.4. The van der Waals surface area contributed by atoms with E-state index >= 15 is 0 Å². The topological polar surface area (TPSA) is 61.4 Å². The van der Waals surface area contributed by atoms with Crippen molar-refractivity contribution in [2.75, 3.05) is 13.1 Å². The molecule has 0 aromatic rings. The van der Waals surface area contributed by atoms with Crippen LogP contribution < -0.4 is 10.6 Å². The van der Waals surface area contributed by atoms with Crippen molar-refractivity contribution in [1.82, 2.24) is 10.6 Å². The van der Waals surface area contributed by atoms with Crippen molar-refractivity contribution in [2.24, 2.45) is 11.3 Å². The third-order valence-corrected chi connectivity index (χ3v) is 4.13. The van der Waals surface area contributed by atoms with E-state index < -0.39 is 18.3 Å². The molecular weight excluding hydrogens is 211 g/mol. The lowest BCUT2D eigenvalue weighted by Crippen LogP contribution is -2.52. The standard InChI is InChI=1S/C11H19FN2O2/c1-7-6-11(2-4-13-5-3-11)9(8(7)12)14-10(15)16/h7-9,13-14H,2-6H2,1H3,(H,15,16)/t7-,8-,9-/m1/s1. The predicted octanol–water partition coefficient (Wildman–Crippen LogP) is 1.37. The van der Waals surface area contributed by atoms with E-state index in [9.17, 15) is 9.18 Å². The number of nitrogens with one attached hydrogen (secondary N) is 2. The minimum absolute atomic E-state index is 0.0463. The third-order valence-electron chi connectivity index (χ3n) is 4.13. The van der Waals surface area contributed by atoms with Gasteiger partial charge < -0.3 is 15.7 Å². The summed E-state index contributed by atoms with van der Waals surface area (Å²) in [5.74, 6) is -0.0463. The van der Waals surface area contributed by atoms with Crippen molar-refractivity contribution in [2.45, 2.75) is 38.4 Å². The molecule has 1 heterocycles. The molecule has 1 amide bonds. The zero-order valence-corrected chi connectivity index (χ0v) is 9.50. The molecule has 2 aliphatic rings. The van der Waals surface area contributed by atoms with E-state index in [4.69, 9.17) is 5.11 Å². The second-order valence-corrected chi connectivity index (χ2v) is 5.17. The van der Waals surface area contributed by atoms with Gasteiger partial charge in [0.05, 0.1) is 6.04 Å². The van der Waals surface area contributed by atoms with Gasteiger partial charge >= 0.3 is 6.09 Å².